The van der Waals surface area contributed by atoms with E-state index in [0.29, 0.717) is 48.2 Å². The molecule has 3 unspecified atom stereocenters. The van der Waals surface area contributed by atoms with Crippen LogP contribution in [0.25, 0.3) is 87.7 Å². The number of nitrogens with one attached hydrogen (secondary N) is 2. The van der Waals surface area contributed by atoms with Gasteiger partial charge < -0.3 is 28.6 Å². The number of carbonyl (C=O) groups excluding carboxylic acids is 6. The summed E-state index contributed by atoms with van der Waals surface area (Å²) in [6.45, 7) is 0.0296. The minimum atomic E-state index is -5.93. The van der Waals surface area contributed by atoms with Crippen LogP contribution in [-0.4, -0.2) is 138 Å². The first kappa shape index (κ1) is 86.8. The Bertz CT molecular complexity index is 6060. The Morgan fingerprint density at radius 2 is 0.903 bits per heavy atom. The van der Waals surface area contributed by atoms with Crippen LogP contribution in [0.2, 0.25) is 0 Å². The van der Waals surface area contributed by atoms with Crippen molar-refractivity contribution in [1.29, 1.82) is 0 Å². The number of carbonyl (C=O) groups is 6. The predicted octanol–water partition coefficient (Wildman–Crippen LogP) is 17.6. The number of ether oxygens (including phenoxy) is 2. The first-order valence-electron chi connectivity index (χ1n) is 34.0. The number of Topliss-reactive ketones (excluding diaryl/α,β-unsaturated/α-hetero) is 2. The Balaban J connectivity index is 0.000000150. The van der Waals surface area contributed by atoms with Crippen LogP contribution in [0.15, 0.2) is 214 Å². The first-order chi connectivity index (χ1) is 53.6. The Labute approximate surface area is 708 Å². The Morgan fingerprint density at radius 3 is 1.39 bits per heavy atom. The van der Waals surface area contributed by atoms with E-state index >= 15 is 0 Å². The van der Waals surface area contributed by atoms with E-state index in [1.807, 2.05) is 124 Å². The molecule has 14 aromatic rings. The van der Waals surface area contributed by atoms with Crippen molar-refractivity contribution in [2.75, 3.05) is 20.5 Å². The Kier molecular flexibility index (Phi) is 29.4. The summed E-state index contributed by atoms with van der Waals surface area (Å²) in [7, 11) is -6.53. The number of piperidine rings is 2. The van der Waals surface area contributed by atoms with Gasteiger partial charge in [-0.25, -0.2) is 24.1 Å². The van der Waals surface area contributed by atoms with E-state index in [1.54, 1.807) is 56.2 Å². The third-order valence-electron chi connectivity index (χ3n) is 18.2. The van der Waals surface area contributed by atoms with Gasteiger partial charge in [-0.05, 0) is 164 Å². The van der Waals surface area contributed by atoms with E-state index in [4.69, 9.17) is 14.0 Å². The van der Waals surface area contributed by atoms with Crippen molar-refractivity contribution in [2.45, 2.75) is 81.7 Å². The minimum absolute atomic E-state index is 0. The summed E-state index contributed by atoms with van der Waals surface area (Å²) in [5.74, 6) is -0.780. The average Bonchev–Trinajstić information content (AvgIpc) is 1.60. The number of halogens is 8. The quantitative estimate of drug-likeness (QED) is 0.0376. The average molecular weight is 2130 g/mol. The normalized spacial score (nSPS) is 15.9. The van der Waals surface area contributed by atoms with Crippen molar-refractivity contribution in [2.24, 2.45) is 0 Å². The van der Waals surface area contributed by atoms with Gasteiger partial charge in [-0.15, -0.1) is 0 Å². The summed E-state index contributed by atoms with van der Waals surface area (Å²) >= 11 is 16.0. The molecule has 35 heteroatoms. The van der Waals surface area contributed by atoms with Crippen LogP contribution < -0.4 is 9.47 Å². The van der Waals surface area contributed by atoms with E-state index in [0.717, 1.165) is 90.9 Å². The van der Waals surface area contributed by atoms with Gasteiger partial charge in [0.15, 0.2) is 11.9 Å². The molecule has 113 heavy (non-hydrogen) atoms. The van der Waals surface area contributed by atoms with Crippen LogP contribution in [0.5, 0.6) is 11.5 Å². The molecule has 17 rings (SSSR count). The number of aromatic nitrogens is 8. The summed E-state index contributed by atoms with van der Waals surface area (Å²) in [4.78, 5) is 100. The summed E-state index contributed by atoms with van der Waals surface area (Å²) < 4.78 is 106. The predicted molar refractivity (Wildman–Crippen MR) is 437 cm³/mol. The van der Waals surface area contributed by atoms with Gasteiger partial charge in [0.05, 0.1) is 57.1 Å². The zero-order valence-corrected chi connectivity index (χ0v) is 73.5. The molecule has 1 saturated carbocycles. The molecule has 0 spiro atoms. The number of ketones is 2. The number of H-pyrrole nitrogens is 2. The van der Waals surface area contributed by atoms with Crippen molar-refractivity contribution in [3.63, 3.8) is 0 Å². The number of aromatic amines is 2. The number of amides is 4. The minimum Gasteiger partial charge on any atom is -0.497 e. The van der Waals surface area contributed by atoms with Gasteiger partial charge in [0, 0.05) is 171 Å². The number of rotatable bonds is 10. The fourth-order valence-corrected chi connectivity index (χ4v) is 14.8. The number of fused-ring (bicyclic) bond motifs is 12. The van der Waals surface area contributed by atoms with E-state index in [1.165, 1.54) is 33.6 Å². The smallest absolute Gasteiger partial charge is 0.497 e. The van der Waals surface area contributed by atoms with E-state index in [-0.39, 0.29) is 86.5 Å². The molecule has 6 aromatic carbocycles. The second-order valence-electron chi connectivity index (χ2n) is 25.5. The molecule has 3 aliphatic rings. The Morgan fingerprint density at radius 1 is 0.496 bits per heavy atom. The number of para-hydroxylation sites is 1. The molecule has 584 valence electrons. The number of benzene rings is 6. The second-order valence-corrected chi connectivity index (χ2v) is 31.3. The summed E-state index contributed by atoms with van der Waals surface area (Å²) in [5.41, 5.74) is 3.43. The van der Waals surface area contributed by atoms with Crippen molar-refractivity contribution < 1.29 is 108 Å². The molecular formula is C78H66Br5F3N10O14S2U. The summed E-state index contributed by atoms with van der Waals surface area (Å²) in [6.07, 6.45) is 7.00. The molecule has 0 bridgehead atoms. The topological polar surface area (TPSA) is 318 Å². The largest absolute Gasteiger partial charge is 0.523 e. The number of hydrogen-bond acceptors (Lipinski definition) is 17. The van der Waals surface area contributed by atoms with Crippen LogP contribution in [-0.2, 0) is 66.3 Å². The van der Waals surface area contributed by atoms with Gasteiger partial charge >= 0.3 is 15.6 Å². The zero-order valence-electron chi connectivity index (χ0n) is 59.8. The van der Waals surface area contributed by atoms with E-state index in [2.05, 4.69) is 147 Å². The van der Waals surface area contributed by atoms with Crippen molar-refractivity contribution in [1.82, 2.24) is 48.8 Å². The molecular weight excluding hydrogens is 2060 g/mol. The maximum absolute atomic E-state index is 13.5. The molecule has 24 nitrogen and oxygen atoms in total. The molecule has 3 atom stereocenters. The second kappa shape index (κ2) is 38.2. The molecule has 1 aliphatic carbocycles. The molecule has 3 fully saturated rings. The van der Waals surface area contributed by atoms with Gasteiger partial charge in [0.1, 0.15) is 45.9 Å². The fourth-order valence-electron chi connectivity index (χ4n) is 13.2. The monoisotopic (exact) mass is 2120 g/mol. The van der Waals surface area contributed by atoms with Crippen LogP contribution >= 0.6 is 76.0 Å². The van der Waals surface area contributed by atoms with Crippen molar-refractivity contribution in [3.8, 4) is 11.5 Å². The summed E-state index contributed by atoms with van der Waals surface area (Å²) in [5, 5.41) is 8.94. The molecule has 4 amide bonds. The molecule has 0 radical (unpaired) electrons. The SMILES string of the molecule is BrBr.Brc1ccc2[nH]c3ncccc3c2c1.COc1ccc(CN2C(=O)CCC(OS(=O)(=O)C(F)(F)F)C2=O)cc1.COc1ccc(CN2C(=O)CCC(n3c4ccc(Br)cc4c4cccnc43)C2=O)cc1.CS(=O)(=O)O.O=C1CCC(n2c3ccc(Br)cc3c3cccnc32)C(=O)C1.[U].c1ccc2c(c1)[nH]c1ncccc12. The molecule has 10 heterocycles. The van der Waals surface area contributed by atoms with Gasteiger partial charge in [-0.2, -0.15) is 30.0 Å². The van der Waals surface area contributed by atoms with E-state index < -0.39 is 56.1 Å². The number of imide groups is 2. The van der Waals surface area contributed by atoms with E-state index in [9.17, 15) is 58.8 Å². The number of pyridine rings is 4. The summed E-state index contributed by atoms with van der Waals surface area (Å²) in [6, 6.07) is 55.3. The van der Waals surface area contributed by atoms with Gasteiger partial charge in [0.25, 0.3) is 21.9 Å². The third kappa shape index (κ3) is 20.7. The standard InChI is InChI=1S/C24H20BrN3O3.C17H13BrN2O2.C14H14F3NO6S.C11H7BrN2.C11H8N2.CH4O3S.Br2.U/c1-31-17-7-4-15(5-8-17)14-27-22(29)11-10-21(24(27)30)28-20-9-6-16(25)13-19(20)18-3-2-12-26-23(18)28;18-10-3-5-14-13(8-10)12-2-1-7-19-17(12)20(14)15-6-4-11(21)9-16(15)22;1-23-10-4-2-9(3-5-10)8-18-12(19)7-6-11(13(18)20)24-25(21,22)14(15,16)17;12-7-3-4-10-9(6-7)8-2-1-5-13-11(8)14-10;1-2-6-10-8(4-1)9-5-3-7-12-11(9)13-10;1-5(2,3)4;1-2;/h2-9,12-13,21H,10-11,14H2,1H3;1-3,5,7-8,15H,4,6,9H2;2-5,11H,6-8H2,1H3;1-6H,(H,13,14);1-7H,(H,12,13);1H3,(H,2,3,4);;. The molecule has 8 aromatic heterocycles. The fraction of sp³-hybridized carbons (Fsp3) is 0.205. The van der Waals surface area contributed by atoms with Crippen molar-refractivity contribution >= 4 is 219 Å². The van der Waals surface area contributed by atoms with Gasteiger partial charge in [0.2, 0.25) is 11.8 Å². The maximum Gasteiger partial charge on any atom is 0.523 e. The van der Waals surface area contributed by atoms with Crippen molar-refractivity contribution in [3.05, 3.63) is 225 Å². The van der Waals surface area contributed by atoms with Crippen LogP contribution in [0, 0.1) is 31.1 Å². The molecule has 2 aliphatic heterocycles. The number of methoxy groups -OCH3 is 2. The third-order valence-corrected chi connectivity index (χ3v) is 20.7. The maximum atomic E-state index is 13.5. The van der Waals surface area contributed by atoms with Crippen LogP contribution in [0.1, 0.15) is 68.2 Å². The van der Waals surface area contributed by atoms with Crippen LogP contribution in [0.3, 0.4) is 0 Å². The van der Waals surface area contributed by atoms with Gasteiger partial charge in [-0.1, -0.05) is 90.3 Å². The molecule has 3 N–H and O–H groups in total. The zero-order chi connectivity index (χ0) is 80.3. The Hall–Kier alpha value is -8.60. The van der Waals surface area contributed by atoms with Gasteiger partial charge in [-0.3, -0.25) is 43.1 Å². The first-order valence-corrected chi connectivity index (χ1v) is 43.4. The number of nitrogens with zero attached hydrogens (tertiary/aromatic N) is 8. The molecule has 2 saturated heterocycles. The van der Waals surface area contributed by atoms with Crippen LogP contribution in [0.4, 0.5) is 13.2 Å². The number of likely N-dealkylation sites (tertiary alicyclic amines) is 2. The number of alkyl halides is 3. The number of hydrogen-bond donors (Lipinski definition) is 3.